The summed E-state index contributed by atoms with van der Waals surface area (Å²) in [5, 5.41) is 3.39. The van der Waals surface area contributed by atoms with Crippen LogP contribution in [0.2, 0.25) is 0 Å². The highest BCUT2D eigenvalue weighted by Gasteiger charge is 2.30. The molecule has 2 aliphatic heterocycles. The monoisotopic (exact) mass is 288 g/mol. The molecule has 3 heteroatoms. The third kappa shape index (κ3) is 4.06. The van der Waals surface area contributed by atoms with Gasteiger partial charge in [-0.2, -0.15) is 0 Å². The number of nitrogens with zero attached hydrogens (tertiary/aromatic N) is 1. The van der Waals surface area contributed by atoms with Gasteiger partial charge in [-0.1, -0.05) is 30.3 Å². The van der Waals surface area contributed by atoms with E-state index in [1.165, 1.54) is 44.5 Å². The van der Waals surface area contributed by atoms with E-state index in [4.69, 9.17) is 4.74 Å². The molecule has 1 aromatic carbocycles. The Hall–Kier alpha value is -0.900. The lowest BCUT2D eigenvalue weighted by Gasteiger charge is -2.34. The van der Waals surface area contributed by atoms with Crippen molar-refractivity contribution < 1.29 is 4.74 Å². The van der Waals surface area contributed by atoms with E-state index in [-0.39, 0.29) is 0 Å². The Bertz CT molecular complexity index is 414. The summed E-state index contributed by atoms with van der Waals surface area (Å²) in [7, 11) is 2.05. The Morgan fingerprint density at radius 1 is 1.14 bits per heavy atom. The minimum absolute atomic E-state index is 0.548. The normalized spacial score (nSPS) is 28.0. The highest BCUT2D eigenvalue weighted by molar-refractivity contribution is 5.15. The van der Waals surface area contributed by atoms with Crippen molar-refractivity contribution in [3.8, 4) is 0 Å². The molecule has 3 nitrogen and oxygen atoms in total. The van der Waals surface area contributed by atoms with Gasteiger partial charge in [-0.05, 0) is 50.9 Å². The molecule has 0 aliphatic carbocycles. The van der Waals surface area contributed by atoms with Gasteiger partial charge < -0.3 is 15.0 Å². The van der Waals surface area contributed by atoms with Crippen molar-refractivity contribution in [2.24, 2.45) is 11.8 Å². The van der Waals surface area contributed by atoms with Crippen molar-refractivity contribution in [2.75, 3.05) is 39.9 Å². The lowest BCUT2D eigenvalue weighted by Crippen LogP contribution is -2.43. The second-order valence-corrected chi connectivity index (χ2v) is 6.63. The molecule has 0 bridgehead atoms. The fourth-order valence-electron chi connectivity index (χ4n) is 3.75. The Balaban J connectivity index is 1.43. The van der Waals surface area contributed by atoms with E-state index in [1.54, 1.807) is 0 Å². The van der Waals surface area contributed by atoms with Crippen LogP contribution in [0.15, 0.2) is 30.3 Å². The maximum absolute atomic E-state index is 5.61. The van der Waals surface area contributed by atoms with Crippen molar-refractivity contribution in [3.63, 3.8) is 0 Å². The van der Waals surface area contributed by atoms with Crippen molar-refractivity contribution in [2.45, 2.75) is 25.3 Å². The third-order valence-corrected chi connectivity index (χ3v) is 5.14. The quantitative estimate of drug-likeness (QED) is 0.899. The molecule has 0 radical (unpaired) electrons. The number of hydrogen-bond donors (Lipinski definition) is 1. The summed E-state index contributed by atoms with van der Waals surface area (Å²) in [5.74, 6) is 1.53. The van der Waals surface area contributed by atoms with Gasteiger partial charge in [0, 0.05) is 18.5 Å². The predicted octanol–water partition coefficient (Wildman–Crippen LogP) is 2.18. The molecule has 0 spiro atoms. The molecule has 2 unspecified atom stereocenters. The summed E-state index contributed by atoms with van der Waals surface area (Å²) in [6, 6.07) is 11.5. The summed E-state index contributed by atoms with van der Waals surface area (Å²) in [5.41, 5.74) is 1.50. The van der Waals surface area contributed by atoms with Crippen LogP contribution in [-0.2, 0) is 11.2 Å². The Morgan fingerprint density at radius 3 is 2.62 bits per heavy atom. The zero-order valence-electron chi connectivity index (χ0n) is 13.1. The molecule has 2 saturated heterocycles. The van der Waals surface area contributed by atoms with E-state index in [0.717, 1.165) is 19.1 Å². The minimum Gasteiger partial charge on any atom is -0.379 e. The van der Waals surface area contributed by atoms with E-state index in [1.807, 2.05) is 0 Å². The predicted molar refractivity (Wildman–Crippen MR) is 86.5 cm³/mol. The number of ether oxygens (including phenoxy) is 1. The Kier molecular flexibility index (Phi) is 5.28. The molecule has 0 saturated carbocycles. The van der Waals surface area contributed by atoms with Crippen LogP contribution >= 0.6 is 0 Å². The van der Waals surface area contributed by atoms with Crippen LogP contribution in [-0.4, -0.2) is 50.8 Å². The summed E-state index contributed by atoms with van der Waals surface area (Å²) in [4.78, 5) is 2.64. The lowest BCUT2D eigenvalue weighted by atomic mass is 9.89. The second kappa shape index (κ2) is 7.39. The fourth-order valence-corrected chi connectivity index (χ4v) is 3.75. The standard InChI is InChI=1S/C18H28N2O/c1-19-18-14-21-13-17(18)12-20-9-7-16(8-10-20)11-15-5-3-2-4-6-15/h2-6,16-19H,7-14H2,1H3. The summed E-state index contributed by atoms with van der Waals surface area (Å²) in [6.45, 7) is 5.51. The van der Waals surface area contributed by atoms with Crippen LogP contribution < -0.4 is 5.32 Å². The van der Waals surface area contributed by atoms with Gasteiger partial charge in [0.25, 0.3) is 0 Å². The second-order valence-electron chi connectivity index (χ2n) is 6.63. The average Bonchev–Trinajstić information content (AvgIpc) is 2.97. The molecule has 21 heavy (non-hydrogen) atoms. The van der Waals surface area contributed by atoms with E-state index in [9.17, 15) is 0 Å². The van der Waals surface area contributed by atoms with Crippen molar-refractivity contribution in [3.05, 3.63) is 35.9 Å². The third-order valence-electron chi connectivity index (χ3n) is 5.14. The molecule has 2 fully saturated rings. The van der Waals surface area contributed by atoms with Crippen LogP contribution in [0, 0.1) is 11.8 Å². The highest BCUT2D eigenvalue weighted by Crippen LogP contribution is 2.23. The Labute approximate surface area is 128 Å². The van der Waals surface area contributed by atoms with Gasteiger partial charge in [0.1, 0.15) is 0 Å². The van der Waals surface area contributed by atoms with Gasteiger partial charge in [-0.25, -0.2) is 0 Å². The smallest absolute Gasteiger partial charge is 0.0623 e. The molecular formula is C18H28N2O. The molecule has 3 rings (SSSR count). The van der Waals surface area contributed by atoms with Crippen molar-refractivity contribution in [1.29, 1.82) is 0 Å². The Morgan fingerprint density at radius 2 is 1.90 bits per heavy atom. The lowest BCUT2D eigenvalue weighted by molar-refractivity contribution is 0.140. The van der Waals surface area contributed by atoms with Gasteiger partial charge in [0.05, 0.1) is 13.2 Å². The highest BCUT2D eigenvalue weighted by atomic mass is 16.5. The summed E-state index contributed by atoms with van der Waals surface area (Å²) in [6.07, 6.45) is 3.93. The number of hydrogen-bond acceptors (Lipinski definition) is 3. The van der Waals surface area contributed by atoms with E-state index in [0.29, 0.717) is 12.0 Å². The van der Waals surface area contributed by atoms with E-state index in [2.05, 4.69) is 47.6 Å². The van der Waals surface area contributed by atoms with Gasteiger partial charge >= 0.3 is 0 Å². The van der Waals surface area contributed by atoms with Crippen LogP contribution in [0.3, 0.4) is 0 Å². The number of benzene rings is 1. The molecule has 2 aliphatic rings. The number of piperidine rings is 1. The fraction of sp³-hybridized carbons (Fsp3) is 0.667. The molecule has 2 atom stereocenters. The molecular weight excluding hydrogens is 260 g/mol. The molecule has 116 valence electrons. The van der Waals surface area contributed by atoms with Crippen LogP contribution in [0.25, 0.3) is 0 Å². The maximum atomic E-state index is 5.61. The number of likely N-dealkylation sites (N-methyl/N-ethyl adjacent to an activating group) is 1. The first-order valence-electron chi connectivity index (χ1n) is 8.36. The first-order valence-corrected chi connectivity index (χ1v) is 8.36. The molecule has 2 heterocycles. The van der Waals surface area contributed by atoms with Gasteiger partial charge in [0.15, 0.2) is 0 Å². The van der Waals surface area contributed by atoms with Crippen molar-refractivity contribution >= 4 is 0 Å². The molecule has 1 N–H and O–H groups in total. The molecule has 1 aromatic rings. The number of likely N-dealkylation sites (tertiary alicyclic amines) is 1. The van der Waals surface area contributed by atoms with E-state index < -0.39 is 0 Å². The average molecular weight is 288 g/mol. The van der Waals surface area contributed by atoms with Crippen LogP contribution in [0.4, 0.5) is 0 Å². The SMILES string of the molecule is CNC1COCC1CN1CCC(Cc2ccccc2)CC1. The largest absolute Gasteiger partial charge is 0.379 e. The van der Waals surface area contributed by atoms with Crippen molar-refractivity contribution in [1.82, 2.24) is 10.2 Å². The van der Waals surface area contributed by atoms with Crippen LogP contribution in [0.5, 0.6) is 0 Å². The van der Waals surface area contributed by atoms with Crippen LogP contribution in [0.1, 0.15) is 18.4 Å². The number of rotatable bonds is 5. The van der Waals surface area contributed by atoms with Gasteiger partial charge in [-0.3, -0.25) is 0 Å². The van der Waals surface area contributed by atoms with Gasteiger partial charge in [0.2, 0.25) is 0 Å². The topological polar surface area (TPSA) is 24.5 Å². The zero-order valence-corrected chi connectivity index (χ0v) is 13.1. The van der Waals surface area contributed by atoms with E-state index >= 15 is 0 Å². The molecule has 0 amide bonds. The summed E-state index contributed by atoms with van der Waals surface area (Å²) >= 11 is 0. The number of nitrogens with one attached hydrogen (secondary N) is 1. The maximum Gasteiger partial charge on any atom is 0.0623 e. The minimum atomic E-state index is 0.548. The van der Waals surface area contributed by atoms with Gasteiger partial charge in [-0.15, -0.1) is 0 Å². The molecule has 0 aromatic heterocycles. The zero-order chi connectivity index (χ0) is 14.5. The first-order chi connectivity index (χ1) is 10.3. The summed E-state index contributed by atoms with van der Waals surface area (Å²) < 4.78 is 5.61. The first kappa shape index (κ1) is 15.0.